The minimum absolute atomic E-state index is 0.167. The number of hydrogen-bond acceptors (Lipinski definition) is 5. The van der Waals surface area contributed by atoms with Crippen molar-refractivity contribution in [3.63, 3.8) is 0 Å². The lowest BCUT2D eigenvalue weighted by molar-refractivity contribution is 0.00578. The highest BCUT2D eigenvalue weighted by Crippen LogP contribution is 2.36. The molecule has 2 heterocycles. The normalized spacial score (nSPS) is 19.4. The van der Waals surface area contributed by atoms with E-state index in [4.69, 9.17) is 9.31 Å². The van der Waals surface area contributed by atoms with Crippen molar-refractivity contribution in [2.75, 3.05) is 7.05 Å². The monoisotopic (exact) mass is 290 g/mol. The zero-order chi connectivity index (χ0) is 15.8. The predicted molar refractivity (Wildman–Crippen MR) is 78.7 cm³/mol. The first kappa shape index (κ1) is 15.7. The number of carbonyl (C=O) groups excluding carboxylic acids is 2. The third-order valence-corrected chi connectivity index (χ3v) is 3.97. The van der Waals surface area contributed by atoms with Crippen LogP contribution >= 0.6 is 0 Å². The van der Waals surface area contributed by atoms with E-state index in [-0.39, 0.29) is 11.6 Å². The Labute approximate surface area is 124 Å². The molecule has 1 N–H and O–H groups in total. The fraction of sp³-hybridized carbons (Fsp3) is 0.500. The SMILES string of the molecule is CNC(=O)c1cc(C=O)nc(B2OC(C)(C)C(C)(C)O2)c1. The summed E-state index contributed by atoms with van der Waals surface area (Å²) in [5, 5.41) is 2.52. The van der Waals surface area contributed by atoms with Gasteiger partial charge in [0.15, 0.2) is 6.29 Å². The van der Waals surface area contributed by atoms with Crippen LogP contribution in [0.5, 0.6) is 0 Å². The van der Waals surface area contributed by atoms with E-state index in [0.29, 0.717) is 17.4 Å². The van der Waals surface area contributed by atoms with Crippen LogP contribution in [-0.4, -0.2) is 42.5 Å². The second kappa shape index (κ2) is 5.24. The van der Waals surface area contributed by atoms with Gasteiger partial charge in [0, 0.05) is 12.6 Å². The van der Waals surface area contributed by atoms with Gasteiger partial charge in [-0.1, -0.05) is 0 Å². The molecule has 1 amide bonds. The molecule has 7 heteroatoms. The highest BCUT2D eigenvalue weighted by atomic mass is 16.7. The molecule has 0 radical (unpaired) electrons. The van der Waals surface area contributed by atoms with Gasteiger partial charge in [0.2, 0.25) is 0 Å². The van der Waals surface area contributed by atoms with Crippen molar-refractivity contribution in [3.05, 3.63) is 23.4 Å². The van der Waals surface area contributed by atoms with Crippen LogP contribution in [0.15, 0.2) is 12.1 Å². The lowest BCUT2D eigenvalue weighted by Gasteiger charge is -2.32. The Balaban J connectivity index is 2.41. The molecule has 112 valence electrons. The number of aldehydes is 1. The van der Waals surface area contributed by atoms with Crippen molar-refractivity contribution in [1.82, 2.24) is 10.3 Å². The third-order valence-electron chi connectivity index (χ3n) is 3.97. The van der Waals surface area contributed by atoms with Crippen LogP contribution in [0.1, 0.15) is 48.5 Å². The van der Waals surface area contributed by atoms with Crippen LogP contribution in [0.25, 0.3) is 0 Å². The third kappa shape index (κ3) is 2.84. The maximum atomic E-state index is 11.8. The molecule has 1 aromatic heterocycles. The van der Waals surface area contributed by atoms with Gasteiger partial charge < -0.3 is 14.6 Å². The van der Waals surface area contributed by atoms with E-state index in [1.54, 1.807) is 6.07 Å². The molecule has 6 nitrogen and oxygen atoms in total. The van der Waals surface area contributed by atoms with Crippen molar-refractivity contribution in [3.8, 4) is 0 Å². The van der Waals surface area contributed by atoms with Crippen molar-refractivity contribution in [2.24, 2.45) is 0 Å². The quantitative estimate of drug-likeness (QED) is 0.650. The highest BCUT2D eigenvalue weighted by molar-refractivity contribution is 6.61. The number of amides is 1. The van der Waals surface area contributed by atoms with Gasteiger partial charge in [-0.2, -0.15) is 0 Å². The first-order valence-corrected chi connectivity index (χ1v) is 6.75. The molecular weight excluding hydrogens is 271 g/mol. The summed E-state index contributed by atoms with van der Waals surface area (Å²) in [5.74, 6) is -0.293. The number of nitrogens with zero attached hydrogens (tertiary/aromatic N) is 1. The standard InChI is InChI=1S/C14H19BN2O4/c1-13(2)14(3,4)21-15(20-13)11-7-9(12(19)16-5)6-10(8-18)17-11/h6-8H,1-5H3,(H,16,19). The van der Waals surface area contributed by atoms with Crippen LogP contribution in [-0.2, 0) is 9.31 Å². The summed E-state index contributed by atoms with van der Waals surface area (Å²) >= 11 is 0. The number of rotatable bonds is 3. The number of aromatic nitrogens is 1. The molecule has 0 aromatic carbocycles. The van der Waals surface area contributed by atoms with E-state index >= 15 is 0 Å². The summed E-state index contributed by atoms with van der Waals surface area (Å²) in [6.07, 6.45) is 0.598. The maximum absolute atomic E-state index is 11.8. The molecule has 1 aliphatic heterocycles. The highest BCUT2D eigenvalue weighted by Gasteiger charge is 2.52. The van der Waals surface area contributed by atoms with Gasteiger partial charge in [-0.05, 0) is 39.8 Å². The topological polar surface area (TPSA) is 77.5 Å². The Kier molecular flexibility index (Phi) is 3.90. The van der Waals surface area contributed by atoms with E-state index < -0.39 is 18.3 Å². The molecule has 1 fully saturated rings. The van der Waals surface area contributed by atoms with Crippen LogP contribution < -0.4 is 10.9 Å². The number of pyridine rings is 1. The number of carbonyl (C=O) groups is 2. The lowest BCUT2D eigenvalue weighted by atomic mass is 9.83. The summed E-state index contributed by atoms with van der Waals surface area (Å²) in [6.45, 7) is 7.71. The average Bonchev–Trinajstić information content (AvgIpc) is 2.66. The van der Waals surface area contributed by atoms with Crippen molar-refractivity contribution >= 4 is 24.9 Å². The van der Waals surface area contributed by atoms with Crippen molar-refractivity contribution in [1.29, 1.82) is 0 Å². The lowest BCUT2D eigenvalue weighted by Crippen LogP contribution is -2.41. The fourth-order valence-electron chi connectivity index (χ4n) is 1.99. The Bertz CT molecular complexity index is 570. The zero-order valence-electron chi connectivity index (χ0n) is 12.9. The minimum Gasteiger partial charge on any atom is -0.398 e. The largest absolute Gasteiger partial charge is 0.514 e. The maximum Gasteiger partial charge on any atom is 0.514 e. The number of hydrogen-bond donors (Lipinski definition) is 1. The van der Waals surface area contributed by atoms with Crippen LogP contribution in [0.3, 0.4) is 0 Å². The Morgan fingerprint density at radius 3 is 2.29 bits per heavy atom. The summed E-state index contributed by atoms with van der Waals surface area (Å²) in [5.41, 5.74) is -0.0927. The predicted octanol–water partition coefficient (Wildman–Crippen LogP) is 0.553. The van der Waals surface area contributed by atoms with Gasteiger partial charge in [0.25, 0.3) is 5.91 Å². The zero-order valence-corrected chi connectivity index (χ0v) is 12.9. The molecular formula is C14H19BN2O4. The first-order chi connectivity index (χ1) is 9.70. The average molecular weight is 290 g/mol. The Morgan fingerprint density at radius 1 is 1.24 bits per heavy atom. The second-order valence-electron chi connectivity index (χ2n) is 5.99. The molecule has 1 aliphatic rings. The van der Waals surface area contributed by atoms with E-state index in [1.807, 2.05) is 27.7 Å². The molecule has 1 saturated heterocycles. The van der Waals surface area contributed by atoms with Crippen LogP contribution in [0.4, 0.5) is 0 Å². The van der Waals surface area contributed by atoms with E-state index in [2.05, 4.69) is 10.3 Å². The fourth-order valence-corrected chi connectivity index (χ4v) is 1.99. The van der Waals surface area contributed by atoms with Gasteiger partial charge in [0.1, 0.15) is 5.69 Å². The second-order valence-corrected chi connectivity index (χ2v) is 5.99. The molecule has 0 unspecified atom stereocenters. The Morgan fingerprint density at radius 2 is 1.81 bits per heavy atom. The molecule has 0 atom stereocenters. The molecule has 0 spiro atoms. The van der Waals surface area contributed by atoms with Crippen molar-refractivity contribution in [2.45, 2.75) is 38.9 Å². The van der Waals surface area contributed by atoms with Gasteiger partial charge >= 0.3 is 7.12 Å². The van der Waals surface area contributed by atoms with E-state index in [0.717, 1.165) is 0 Å². The smallest absolute Gasteiger partial charge is 0.398 e. The van der Waals surface area contributed by atoms with Crippen molar-refractivity contribution < 1.29 is 18.9 Å². The summed E-state index contributed by atoms with van der Waals surface area (Å²) in [6, 6.07) is 3.01. The molecule has 1 aromatic rings. The summed E-state index contributed by atoms with van der Waals surface area (Å²) in [4.78, 5) is 27.0. The van der Waals surface area contributed by atoms with E-state index in [1.165, 1.54) is 13.1 Å². The van der Waals surface area contributed by atoms with Crippen LogP contribution in [0.2, 0.25) is 0 Å². The summed E-state index contributed by atoms with van der Waals surface area (Å²) in [7, 11) is 0.816. The number of nitrogens with one attached hydrogen (secondary N) is 1. The molecule has 2 rings (SSSR count). The molecule has 0 bridgehead atoms. The Hall–Kier alpha value is -1.73. The van der Waals surface area contributed by atoms with Gasteiger partial charge in [0.05, 0.1) is 16.8 Å². The van der Waals surface area contributed by atoms with Gasteiger partial charge in [-0.15, -0.1) is 0 Å². The van der Waals surface area contributed by atoms with Gasteiger partial charge in [-0.25, -0.2) is 0 Å². The minimum atomic E-state index is -0.710. The molecule has 0 saturated carbocycles. The summed E-state index contributed by atoms with van der Waals surface area (Å²) < 4.78 is 11.8. The van der Waals surface area contributed by atoms with Gasteiger partial charge in [-0.3, -0.25) is 14.6 Å². The molecule has 0 aliphatic carbocycles. The van der Waals surface area contributed by atoms with Crippen LogP contribution in [0, 0.1) is 0 Å². The first-order valence-electron chi connectivity index (χ1n) is 6.75. The molecule has 21 heavy (non-hydrogen) atoms. The van der Waals surface area contributed by atoms with E-state index in [9.17, 15) is 9.59 Å².